The van der Waals surface area contributed by atoms with E-state index in [1.54, 1.807) is 6.07 Å². The minimum absolute atomic E-state index is 0.304. The molecule has 2 aromatic rings. The van der Waals surface area contributed by atoms with Gasteiger partial charge < -0.3 is 4.74 Å². The lowest BCUT2D eigenvalue weighted by Gasteiger charge is -2.02. The zero-order valence-corrected chi connectivity index (χ0v) is 9.72. The summed E-state index contributed by atoms with van der Waals surface area (Å²) in [5, 5.41) is 5.36. The van der Waals surface area contributed by atoms with Crippen LogP contribution in [0.25, 0.3) is 10.9 Å². The number of esters is 1. The van der Waals surface area contributed by atoms with E-state index in [2.05, 4.69) is 5.10 Å². The van der Waals surface area contributed by atoms with Crippen molar-refractivity contribution >= 4 is 16.9 Å². The van der Waals surface area contributed by atoms with E-state index in [-0.39, 0.29) is 5.97 Å². The van der Waals surface area contributed by atoms with Crippen LogP contribution in [-0.2, 0) is 11.3 Å². The lowest BCUT2D eigenvalue weighted by atomic mass is 10.1. The third kappa shape index (κ3) is 1.90. The molecule has 0 saturated heterocycles. The van der Waals surface area contributed by atoms with Crippen molar-refractivity contribution in [2.75, 3.05) is 7.11 Å². The molecule has 0 aliphatic heterocycles. The van der Waals surface area contributed by atoms with Gasteiger partial charge in [-0.1, -0.05) is 0 Å². The summed E-state index contributed by atoms with van der Waals surface area (Å²) in [6.07, 6.45) is 4.42. The molecular weight excluding hydrogens is 216 g/mol. The molecule has 4 heteroatoms. The predicted octanol–water partition coefficient (Wildman–Crippen LogP) is 2.23. The molecule has 0 N–H and O–H groups in total. The number of rotatable bonds is 3. The smallest absolute Gasteiger partial charge is 0.337 e. The van der Waals surface area contributed by atoms with E-state index in [4.69, 9.17) is 4.74 Å². The number of carbonyl (C=O) groups is 1. The first-order valence-electron chi connectivity index (χ1n) is 5.82. The van der Waals surface area contributed by atoms with Gasteiger partial charge >= 0.3 is 5.97 Å². The molecule has 1 heterocycles. The van der Waals surface area contributed by atoms with E-state index in [0.29, 0.717) is 5.56 Å². The van der Waals surface area contributed by atoms with Gasteiger partial charge in [-0.05, 0) is 37.0 Å². The molecule has 0 radical (unpaired) electrons. The van der Waals surface area contributed by atoms with Crippen LogP contribution in [0.4, 0.5) is 0 Å². The maximum Gasteiger partial charge on any atom is 0.337 e. The Morgan fingerprint density at radius 3 is 3.06 bits per heavy atom. The Hall–Kier alpha value is -1.84. The molecule has 1 aliphatic carbocycles. The van der Waals surface area contributed by atoms with Gasteiger partial charge in [-0.3, -0.25) is 4.68 Å². The highest BCUT2D eigenvalue weighted by molar-refractivity contribution is 5.94. The van der Waals surface area contributed by atoms with E-state index in [9.17, 15) is 4.79 Å². The molecule has 4 nitrogen and oxygen atoms in total. The monoisotopic (exact) mass is 230 g/mol. The Balaban J connectivity index is 1.97. The number of carbonyl (C=O) groups excluding carboxylic acids is 1. The van der Waals surface area contributed by atoms with Crippen molar-refractivity contribution < 1.29 is 9.53 Å². The number of hydrogen-bond acceptors (Lipinski definition) is 3. The van der Waals surface area contributed by atoms with Gasteiger partial charge in [0.05, 0.1) is 24.4 Å². The minimum Gasteiger partial charge on any atom is -0.465 e. The maximum atomic E-state index is 11.4. The summed E-state index contributed by atoms with van der Waals surface area (Å²) < 4.78 is 6.72. The normalized spacial score (nSPS) is 15.1. The third-order valence-corrected chi connectivity index (χ3v) is 3.19. The van der Waals surface area contributed by atoms with Gasteiger partial charge in [0.25, 0.3) is 0 Å². The first kappa shape index (κ1) is 10.3. The quantitative estimate of drug-likeness (QED) is 0.759. The highest BCUT2D eigenvalue weighted by atomic mass is 16.5. The topological polar surface area (TPSA) is 44.1 Å². The maximum absolute atomic E-state index is 11.4. The van der Waals surface area contributed by atoms with Gasteiger partial charge in [-0.15, -0.1) is 0 Å². The van der Waals surface area contributed by atoms with Gasteiger partial charge in [0.1, 0.15) is 0 Å². The molecular formula is C13H14N2O2. The molecule has 17 heavy (non-hydrogen) atoms. The van der Waals surface area contributed by atoms with Gasteiger partial charge in [0.2, 0.25) is 0 Å². The van der Waals surface area contributed by atoms with Crippen LogP contribution in [0.5, 0.6) is 0 Å². The number of benzene rings is 1. The van der Waals surface area contributed by atoms with Crippen LogP contribution >= 0.6 is 0 Å². The Morgan fingerprint density at radius 2 is 2.35 bits per heavy atom. The van der Waals surface area contributed by atoms with Crippen LogP contribution in [0.15, 0.2) is 24.4 Å². The zero-order valence-electron chi connectivity index (χ0n) is 9.72. The summed E-state index contributed by atoms with van der Waals surface area (Å²) in [7, 11) is 1.39. The van der Waals surface area contributed by atoms with Crippen LogP contribution in [0, 0.1) is 5.92 Å². The van der Waals surface area contributed by atoms with E-state index in [0.717, 1.165) is 23.4 Å². The largest absolute Gasteiger partial charge is 0.465 e. The van der Waals surface area contributed by atoms with E-state index < -0.39 is 0 Å². The third-order valence-electron chi connectivity index (χ3n) is 3.19. The SMILES string of the molecule is COC(=O)c1ccc2c(cnn2CC2CC2)c1. The summed E-state index contributed by atoms with van der Waals surface area (Å²) in [6.45, 7) is 0.987. The first-order chi connectivity index (χ1) is 8.28. The standard InChI is InChI=1S/C13H14N2O2/c1-17-13(16)10-4-5-12-11(6-10)7-14-15(12)8-9-2-3-9/h4-7,9H,2-3,8H2,1H3. The van der Waals surface area contributed by atoms with E-state index in [1.165, 1.54) is 20.0 Å². The van der Waals surface area contributed by atoms with Crippen molar-refractivity contribution in [3.05, 3.63) is 30.0 Å². The molecule has 3 rings (SSSR count). The molecule has 1 aliphatic rings. The molecule has 1 fully saturated rings. The predicted molar refractivity (Wildman–Crippen MR) is 63.8 cm³/mol. The van der Waals surface area contributed by atoms with Gasteiger partial charge in [-0.2, -0.15) is 5.10 Å². The molecule has 0 unspecified atom stereocenters. The van der Waals surface area contributed by atoms with Crippen LogP contribution in [0.2, 0.25) is 0 Å². The number of nitrogens with zero attached hydrogens (tertiary/aromatic N) is 2. The van der Waals surface area contributed by atoms with Gasteiger partial charge in [0, 0.05) is 11.9 Å². The second-order valence-electron chi connectivity index (χ2n) is 4.54. The summed E-state index contributed by atoms with van der Waals surface area (Å²) in [5.41, 5.74) is 1.66. The summed E-state index contributed by atoms with van der Waals surface area (Å²) in [4.78, 5) is 11.4. The molecule has 1 saturated carbocycles. The summed E-state index contributed by atoms with van der Waals surface area (Å²) in [6, 6.07) is 5.56. The molecule has 0 bridgehead atoms. The van der Waals surface area contributed by atoms with Crippen LogP contribution < -0.4 is 0 Å². The Labute approximate surface area is 99.2 Å². The lowest BCUT2D eigenvalue weighted by Crippen LogP contribution is -2.02. The molecule has 88 valence electrons. The number of ether oxygens (including phenoxy) is 1. The number of methoxy groups -OCH3 is 1. The Kier molecular flexibility index (Phi) is 2.35. The first-order valence-corrected chi connectivity index (χ1v) is 5.82. The Morgan fingerprint density at radius 1 is 1.53 bits per heavy atom. The highest BCUT2D eigenvalue weighted by Gasteiger charge is 2.22. The fraction of sp³-hybridized carbons (Fsp3) is 0.385. The van der Waals surface area contributed by atoms with Crippen molar-refractivity contribution in [3.63, 3.8) is 0 Å². The lowest BCUT2D eigenvalue weighted by molar-refractivity contribution is 0.0601. The highest BCUT2D eigenvalue weighted by Crippen LogP contribution is 2.31. The number of hydrogen-bond donors (Lipinski definition) is 0. The second kappa shape index (κ2) is 3.87. The Bertz CT molecular complexity index is 570. The van der Waals surface area contributed by atoms with Crippen LogP contribution in [0.1, 0.15) is 23.2 Å². The molecule has 0 amide bonds. The van der Waals surface area contributed by atoms with Crippen LogP contribution in [0.3, 0.4) is 0 Å². The average Bonchev–Trinajstić information content (AvgIpc) is 3.09. The molecule has 0 atom stereocenters. The summed E-state index contributed by atoms with van der Waals surface area (Å²) >= 11 is 0. The molecule has 1 aromatic carbocycles. The average molecular weight is 230 g/mol. The molecule has 1 aromatic heterocycles. The van der Waals surface area contributed by atoms with E-state index in [1.807, 2.05) is 23.0 Å². The fourth-order valence-corrected chi connectivity index (χ4v) is 2.02. The zero-order chi connectivity index (χ0) is 11.8. The summed E-state index contributed by atoms with van der Waals surface area (Å²) in [5.74, 6) is 0.486. The van der Waals surface area contributed by atoms with E-state index >= 15 is 0 Å². The molecule has 0 spiro atoms. The van der Waals surface area contributed by atoms with Crippen molar-refractivity contribution in [2.24, 2.45) is 5.92 Å². The number of aromatic nitrogens is 2. The van der Waals surface area contributed by atoms with Crippen molar-refractivity contribution in [1.82, 2.24) is 9.78 Å². The second-order valence-corrected chi connectivity index (χ2v) is 4.54. The van der Waals surface area contributed by atoms with Crippen molar-refractivity contribution in [1.29, 1.82) is 0 Å². The van der Waals surface area contributed by atoms with Gasteiger partial charge in [0.15, 0.2) is 0 Å². The van der Waals surface area contributed by atoms with Crippen LogP contribution in [-0.4, -0.2) is 22.9 Å². The fourth-order valence-electron chi connectivity index (χ4n) is 2.02. The van der Waals surface area contributed by atoms with Gasteiger partial charge in [-0.25, -0.2) is 4.79 Å². The van der Waals surface area contributed by atoms with Crippen molar-refractivity contribution in [2.45, 2.75) is 19.4 Å². The van der Waals surface area contributed by atoms with Crippen molar-refractivity contribution in [3.8, 4) is 0 Å². The number of fused-ring (bicyclic) bond motifs is 1. The minimum atomic E-state index is -0.304.